The van der Waals surface area contributed by atoms with Gasteiger partial charge < -0.3 is 9.73 Å². The summed E-state index contributed by atoms with van der Waals surface area (Å²) in [5.74, 6) is 1.71. The monoisotopic (exact) mass is 361 g/mol. The molecule has 0 bridgehead atoms. The third kappa shape index (κ3) is 3.66. The van der Waals surface area contributed by atoms with Gasteiger partial charge in [0.1, 0.15) is 0 Å². The van der Waals surface area contributed by atoms with Crippen molar-refractivity contribution in [3.8, 4) is 10.8 Å². The smallest absolute Gasteiger partial charge is 0.162 e. The minimum Gasteiger partial charge on any atom is -0.462 e. The second-order valence-electron chi connectivity index (χ2n) is 5.75. The number of hydrogen-bond donors (Lipinski definition) is 1. The standard InChI is InChI=1S/C15H19N3OS.2ClH/c1-2-14(19-7-1)15-17-12(10-20-15)9-18-6-4-13-11(8-18)3-5-16-13;;/h1-2,7,10-11,13,16H,3-6,8-9H2;2*1H. The molecule has 4 rings (SSSR count). The Morgan fingerprint density at radius 2 is 2.27 bits per heavy atom. The van der Waals surface area contributed by atoms with Crippen molar-refractivity contribution in [2.24, 2.45) is 5.92 Å². The number of hydrogen-bond acceptors (Lipinski definition) is 5. The van der Waals surface area contributed by atoms with Crippen LogP contribution in [-0.4, -0.2) is 35.6 Å². The van der Waals surface area contributed by atoms with Crippen molar-refractivity contribution in [1.82, 2.24) is 15.2 Å². The Kier molecular flexibility index (Phi) is 6.29. The number of fused-ring (bicyclic) bond motifs is 1. The van der Waals surface area contributed by atoms with Crippen molar-refractivity contribution in [2.45, 2.75) is 25.4 Å². The van der Waals surface area contributed by atoms with Gasteiger partial charge >= 0.3 is 0 Å². The van der Waals surface area contributed by atoms with Crippen LogP contribution >= 0.6 is 36.2 Å². The van der Waals surface area contributed by atoms with E-state index >= 15 is 0 Å². The Bertz CT molecular complexity index is 575. The second-order valence-corrected chi connectivity index (χ2v) is 6.61. The van der Waals surface area contributed by atoms with E-state index in [1.807, 2.05) is 12.1 Å². The molecule has 0 aromatic carbocycles. The van der Waals surface area contributed by atoms with Crippen molar-refractivity contribution in [1.29, 1.82) is 0 Å². The number of piperidine rings is 1. The van der Waals surface area contributed by atoms with Crippen molar-refractivity contribution < 1.29 is 4.42 Å². The molecular formula is C15H21Cl2N3OS. The number of likely N-dealkylation sites (tertiary alicyclic amines) is 1. The largest absolute Gasteiger partial charge is 0.462 e. The molecule has 1 N–H and O–H groups in total. The molecule has 2 fully saturated rings. The number of halogens is 2. The molecule has 0 saturated carbocycles. The van der Waals surface area contributed by atoms with Gasteiger partial charge in [0.2, 0.25) is 0 Å². The van der Waals surface area contributed by atoms with Crippen LogP contribution in [0.2, 0.25) is 0 Å². The predicted octanol–water partition coefficient (Wildman–Crippen LogP) is 3.43. The summed E-state index contributed by atoms with van der Waals surface area (Å²) in [5.41, 5.74) is 1.17. The van der Waals surface area contributed by atoms with E-state index in [0.717, 1.165) is 29.3 Å². The average Bonchev–Trinajstić information content (AvgIpc) is 3.19. The van der Waals surface area contributed by atoms with Crippen LogP contribution in [-0.2, 0) is 6.54 Å². The molecule has 0 amide bonds. The Balaban J connectivity index is 0.000000882. The van der Waals surface area contributed by atoms with Gasteiger partial charge in [-0.2, -0.15) is 0 Å². The molecule has 0 spiro atoms. The minimum atomic E-state index is 0. The van der Waals surface area contributed by atoms with Crippen molar-refractivity contribution in [2.75, 3.05) is 19.6 Å². The molecule has 122 valence electrons. The summed E-state index contributed by atoms with van der Waals surface area (Å²) in [5, 5.41) is 6.76. The lowest BCUT2D eigenvalue weighted by Gasteiger charge is -2.34. The first kappa shape index (κ1) is 17.8. The summed E-state index contributed by atoms with van der Waals surface area (Å²) in [6.45, 7) is 4.57. The van der Waals surface area contributed by atoms with E-state index in [1.54, 1.807) is 17.6 Å². The molecule has 2 aromatic heterocycles. The summed E-state index contributed by atoms with van der Waals surface area (Å²) in [7, 11) is 0. The van der Waals surface area contributed by atoms with Gasteiger partial charge in [-0.25, -0.2) is 4.98 Å². The van der Waals surface area contributed by atoms with Crippen LogP contribution in [0.15, 0.2) is 28.2 Å². The summed E-state index contributed by atoms with van der Waals surface area (Å²) in [6, 6.07) is 4.65. The number of aromatic nitrogens is 1. The molecule has 2 aromatic rings. The van der Waals surface area contributed by atoms with Crippen LogP contribution in [0.25, 0.3) is 10.8 Å². The van der Waals surface area contributed by atoms with Crippen LogP contribution in [0.4, 0.5) is 0 Å². The average molecular weight is 362 g/mol. The van der Waals surface area contributed by atoms with E-state index in [9.17, 15) is 0 Å². The zero-order chi connectivity index (χ0) is 13.4. The van der Waals surface area contributed by atoms with Crippen LogP contribution in [0.3, 0.4) is 0 Å². The molecule has 0 aliphatic carbocycles. The summed E-state index contributed by atoms with van der Waals surface area (Å²) in [6.07, 6.45) is 4.31. The molecule has 2 unspecified atom stereocenters. The maximum absolute atomic E-state index is 5.41. The molecule has 7 heteroatoms. The molecule has 2 aliphatic rings. The molecular weight excluding hydrogens is 341 g/mol. The minimum absolute atomic E-state index is 0. The lowest BCUT2D eigenvalue weighted by molar-refractivity contribution is 0.154. The molecule has 22 heavy (non-hydrogen) atoms. The topological polar surface area (TPSA) is 41.3 Å². The van der Waals surface area contributed by atoms with E-state index in [-0.39, 0.29) is 24.8 Å². The third-order valence-corrected chi connectivity index (χ3v) is 5.31. The summed E-state index contributed by atoms with van der Waals surface area (Å²) in [4.78, 5) is 7.25. The van der Waals surface area contributed by atoms with Crippen LogP contribution in [0.5, 0.6) is 0 Å². The lowest BCUT2D eigenvalue weighted by atomic mass is 9.93. The summed E-state index contributed by atoms with van der Waals surface area (Å²) >= 11 is 1.67. The van der Waals surface area contributed by atoms with E-state index in [1.165, 1.54) is 38.2 Å². The highest BCUT2D eigenvalue weighted by atomic mass is 35.5. The Morgan fingerprint density at radius 3 is 3.09 bits per heavy atom. The van der Waals surface area contributed by atoms with Crippen molar-refractivity contribution >= 4 is 36.2 Å². The number of furan rings is 1. The van der Waals surface area contributed by atoms with Gasteiger partial charge in [0.25, 0.3) is 0 Å². The van der Waals surface area contributed by atoms with Crippen molar-refractivity contribution in [3.05, 3.63) is 29.5 Å². The van der Waals surface area contributed by atoms with Crippen molar-refractivity contribution in [3.63, 3.8) is 0 Å². The normalized spacial score (nSPS) is 24.4. The molecule has 2 aliphatic heterocycles. The fraction of sp³-hybridized carbons (Fsp3) is 0.533. The Labute approximate surface area is 147 Å². The molecule has 4 nitrogen and oxygen atoms in total. The number of rotatable bonds is 3. The third-order valence-electron chi connectivity index (χ3n) is 4.41. The number of thiazole rings is 1. The van der Waals surface area contributed by atoms with E-state index < -0.39 is 0 Å². The first-order chi connectivity index (χ1) is 9.88. The van der Waals surface area contributed by atoms with Gasteiger partial charge in [0, 0.05) is 31.1 Å². The highest BCUT2D eigenvalue weighted by molar-refractivity contribution is 7.13. The predicted molar refractivity (Wildman–Crippen MR) is 94.1 cm³/mol. The SMILES string of the molecule is Cl.Cl.c1coc(-c2nc(CN3CCC4NCCC4C3)cs2)c1. The first-order valence-electron chi connectivity index (χ1n) is 7.32. The molecule has 2 saturated heterocycles. The van der Waals surface area contributed by atoms with Gasteiger partial charge in [0.05, 0.1) is 12.0 Å². The van der Waals surface area contributed by atoms with Gasteiger partial charge in [-0.1, -0.05) is 0 Å². The highest BCUT2D eigenvalue weighted by Gasteiger charge is 2.32. The Morgan fingerprint density at radius 1 is 1.36 bits per heavy atom. The number of nitrogens with zero attached hydrogens (tertiary/aromatic N) is 2. The Hall–Kier alpha value is -0.590. The van der Waals surface area contributed by atoms with Gasteiger partial charge in [0.15, 0.2) is 10.8 Å². The fourth-order valence-electron chi connectivity index (χ4n) is 3.39. The van der Waals surface area contributed by atoms with Crippen LogP contribution < -0.4 is 5.32 Å². The zero-order valence-electron chi connectivity index (χ0n) is 12.2. The maximum Gasteiger partial charge on any atom is 0.162 e. The second kappa shape index (κ2) is 7.79. The van der Waals surface area contributed by atoms with Gasteiger partial charge in [-0.05, 0) is 37.4 Å². The van der Waals surface area contributed by atoms with Crippen LogP contribution in [0.1, 0.15) is 18.5 Å². The zero-order valence-corrected chi connectivity index (χ0v) is 14.7. The summed E-state index contributed by atoms with van der Waals surface area (Å²) < 4.78 is 5.41. The fourth-order valence-corrected chi connectivity index (χ4v) is 4.17. The highest BCUT2D eigenvalue weighted by Crippen LogP contribution is 2.27. The molecule has 0 radical (unpaired) electrons. The van der Waals surface area contributed by atoms with E-state index in [2.05, 4.69) is 15.6 Å². The van der Waals surface area contributed by atoms with Gasteiger partial charge in [-0.3, -0.25) is 4.90 Å². The quantitative estimate of drug-likeness (QED) is 0.908. The van der Waals surface area contributed by atoms with E-state index in [4.69, 9.17) is 9.40 Å². The van der Waals surface area contributed by atoms with Crippen LogP contribution in [0, 0.1) is 5.92 Å². The maximum atomic E-state index is 5.41. The van der Waals surface area contributed by atoms with E-state index in [0.29, 0.717) is 0 Å². The number of nitrogens with one attached hydrogen (secondary N) is 1. The first-order valence-corrected chi connectivity index (χ1v) is 8.20. The van der Waals surface area contributed by atoms with Gasteiger partial charge in [-0.15, -0.1) is 36.2 Å². The molecule has 4 heterocycles. The molecule has 2 atom stereocenters. The lowest BCUT2D eigenvalue weighted by Crippen LogP contribution is -2.43.